The average molecular weight is 357 g/mol. The number of rotatable bonds is 4. The van der Waals surface area contributed by atoms with E-state index in [1.54, 1.807) is 15.6 Å². The van der Waals surface area contributed by atoms with Gasteiger partial charge in [0.1, 0.15) is 10.0 Å². The predicted octanol–water partition coefficient (Wildman–Crippen LogP) is 3.44. The molecule has 0 saturated carbocycles. The summed E-state index contributed by atoms with van der Waals surface area (Å²) in [6.45, 7) is 1.14. The highest BCUT2D eigenvalue weighted by Crippen LogP contribution is 2.27. The summed E-state index contributed by atoms with van der Waals surface area (Å²) >= 11 is 7.48. The molecule has 0 bridgehead atoms. The van der Waals surface area contributed by atoms with Crippen LogP contribution in [0.15, 0.2) is 40.7 Å². The Morgan fingerprint density at radius 1 is 1.27 bits per heavy atom. The van der Waals surface area contributed by atoms with Crippen LogP contribution in [0.2, 0.25) is 5.15 Å². The molecule has 0 N–H and O–H groups in total. The number of sulfonamides is 1. The largest absolute Gasteiger partial charge is 0.244 e. The smallest absolute Gasteiger partial charge is 0.243 e. The molecular weight excluding hydrogens is 340 g/mol. The van der Waals surface area contributed by atoms with Crippen molar-refractivity contribution in [2.45, 2.75) is 24.2 Å². The Kier molecular flexibility index (Phi) is 4.82. The molecule has 1 aliphatic heterocycles. The molecule has 0 unspecified atom stereocenters. The molecule has 7 heteroatoms. The summed E-state index contributed by atoms with van der Waals surface area (Å²) in [7, 11) is -3.45. The van der Waals surface area contributed by atoms with Gasteiger partial charge in [0.25, 0.3) is 0 Å². The van der Waals surface area contributed by atoms with Gasteiger partial charge in [-0.2, -0.15) is 4.31 Å². The fraction of sp³-hybridized carbons (Fsp3) is 0.400. The van der Waals surface area contributed by atoms with E-state index in [1.165, 1.54) is 23.2 Å². The number of hydrogen-bond acceptors (Lipinski definition) is 4. The monoisotopic (exact) mass is 356 g/mol. The lowest BCUT2D eigenvalue weighted by molar-refractivity contribution is 0.273. The van der Waals surface area contributed by atoms with Gasteiger partial charge in [-0.15, -0.1) is 11.3 Å². The van der Waals surface area contributed by atoms with E-state index < -0.39 is 10.0 Å². The van der Waals surface area contributed by atoms with Crippen molar-refractivity contribution in [1.29, 1.82) is 0 Å². The SMILES string of the molecule is O=S(=O)(c1ccc(Cl)nc1)N1CCC(Cc2cccs2)CC1. The zero-order chi connectivity index (χ0) is 15.6. The van der Waals surface area contributed by atoms with E-state index in [-0.39, 0.29) is 4.90 Å². The third-order valence-corrected chi connectivity index (χ3v) is 6.99. The Bertz CT molecular complexity index is 707. The first-order valence-corrected chi connectivity index (χ1v) is 9.89. The van der Waals surface area contributed by atoms with Gasteiger partial charge in [-0.05, 0) is 48.8 Å². The van der Waals surface area contributed by atoms with Crippen LogP contribution in [0.1, 0.15) is 17.7 Å². The zero-order valence-corrected chi connectivity index (χ0v) is 14.4. The minimum absolute atomic E-state index is 0.216. The topological polar surface area (TPSA) is 50.3 Å². The third-order valence-electron chi connectivity index (χ3n) is 3.98. The van der Waals surface area contributed by atoms with Gasteiger partial charge in [-0.3, -0.25) is 0 Å². The van der Waals surface area contributed by atoms with Crippen LogP contribution in [-0.2, 0) is 16.4 Å². The molecule has 3 rings (SSSR count). The Hall–Kier alpha value is -0.950. The van der Waals surface area contributed by atoms with Crippen LogP contribution in [0, 0.1) is 5.92 Å². The van der Waals surface area contributed by atoms with Crippen LogP contribution >= 0.6 is 22.9 Å². The van der Waals surface area contributed by atoms with Gasteiger partial charge >= 0.3 is 0 Å². The molecule has 1 saturated heterocycles. The Labute approximate surface area is 139 Å². The molecule has 0 aromatic carbocycles. The van der Waals surface area contributed by atoms with Crippen molar-refractivity contribution in [3.05, 3.63) is 45.9 Å². The fourth-order valence-electron chi connectivity index (χ4n) is 2.73. The van der Waals surface area contributed by atoms with E-state index in [9.17, 15) is 8.42 Å². The van der Waals surface area contributed by atoms with Gasteiger partial charge in [-0.1, -0.05) is 17.7 Å². The molecule has 1 fully saturated rings. The van der Waals surface area contributed by atoms with E-state index in [0.29, 0.717) is 24.2 Å². The molecule has 3 heterocycles. The fourth-order valence-corrected chi connectivity index (χ4v) is 5.08. The summed E-state index contributed by atoms with van der Waals surface area (Å²) in [6.07, 6.45) is 4.18. The van der Waals surface area contributed by atoms with Crippen molar-refractivity contribution in [1.82, 2.24) is 9.29 Å². The van der Waals surface area contributed by atoms with E-state index in [0.717, 1.165) is 19.3 Å². The van der Waals surface area contributed by atoms with E-state index in [4.69, 9.17) is 11.6 Å². The second-order valence-electron chi connectivity index (χ2n) is 5.45. The molecule has 2 aromatic rings. The first kappa shape index (κ1) is 15.9. The first-order valence-electron chi connectivity index (χ1n) is 7.20. The van der Waals surface area contributed by atoms with Gasteiger partial charge in [0.2, 0.25) is 10.0 Å². The van der Waals surface area contributed by atoms with Crippen molar-refractivity contribution >= 4 is 33.0 Å². The molecule has 4 nitrogen and oxygen atoms in total. The minimum Gasteiger partial charge on any atom is -0.243 e. The highest BCUT2D eigenvalue weighted by Gasteiger charge is 2.29. The summed E-state index contributed by atoms with van der Waals surface area (Å²) in [4.78, 5) is 5.46. The maximum absolute atomic E-state index is 12.6. The molecule has 0 aliphatic carbocycles. The number of thiophene rings is 1. The second kappa shape index (κ2) is 6.66. The standard InChI is InChI=1S/C15H17ClN2O2S2/c16-15-4-3-14(11-17-15)22(19,20)18-7-5-12(6-8-18)10-13-2-1-9-21-13/h1-4,9,11-12H,5-8,10H2. The van der Waals surface area contributed by atoms with Gasteiger partial charge in [-0.25, -0.2) is 13.4 Å². The Morgan fingerprint density at radius 3 is 2.64 bits per heavy atom. The molecule has 1 aliphatic rings. The number of piperidine rings is 1. The van der Waals surface area contributed by atoms with Crippen LogP contribution in [0.5, 0.6) is 0 Å². The quantitative estimate of drug-likeness (QED) is 0.788. The highest BCUT2D eigenvalue weighted by atomic mass is 35.5. The Morgan fingerprint density at radius 2 is 2.05 bits per heavy atom. The zero-order valence-electron chi connectivity index (χ0n) is 12.0. The lowest BCUT2D eigenvalue weighted by atomic mass is 9.94. The van der Waals surface area contributed by atoms with Crippen LogP contribution in [0.4, 0.5) is 0 Å². The van der Waals surface area contributed by atoms with Crippen molar-refractivity contribution in [3.8, 4) is 0 Å². The molecule has 0 amide bonds. The van der Waals surface area contributed by atoms with E-state index >= 15 is 0 Å². The van der Waals surface area contributed by atoms with Crippen molar-refractivity contribution in [2.75, 3.05) is 13.1 Å². The number of nitrogens with zero attached hydrogens (tertiary/aromatic N) is 2. The highest BCUT2D eigenvalue weighted by molar-refractivity contribution is 7.89. The van der Waals surface area contributed by atoms with Crippen molar-refractivity contribution in [3.63, 3.8) is 0 Å². The summed E-state index contributed by atoms with van der Waals surface area (Å²) in [6, 6.07) is 7.24. The predicted molar refractivity (Wildman–Crippen MR) is 88.8 cm³/mol. The minimum atomic E-state index is -3.45. The van der Waals surface area contributed by atoms with E-state index in [1.807, 2.05) is 0 Å². The molecular formula is C15H17ClN2O2S2. The normalized spacial score (nSPS) is 17.7. The maximum Gasteiger partial charge on any atom is 0.244 e. The number of aromatic nitrogens is 1. The van der Waals surface area contributed by atoms with Crippen LogP contribution < -0.4 is 0 Å². The van der Waals surface area contributed by atoms with Crippen LogP contribution in [0.3, 0.4) is 0 Å². The maximum atomic E-state index is 12.6. The lowest BCUT2D eigenvalue weighted by Crippen LogP contribution is -2.38. The van der Waals surface area contributed by atoms with Gasteiger partial charge in [0.05, 0.1) is 0 Å². The summed E-state index contributed by atoms with van der Waals surface area (Å²) in [5.74, 6) is 0.563. The molecule has 0 spiro atoms. The van der Waals surface area contributed by atoms with Gasteiger partial charge < -0.3 is 0 Å². The number of hydrogen-bond donors (Lipinski definition) is 0. The summed E-state index contributed by atoms with van der Waals surface area (Å²) in [5, 5.41) is 2.39. The van der Waals surface area contributed by atoms with E-state index in [2.05, 4.69) is 22.5 Å². The summed E-state index contributed by atoms with van der Waals surface area (Å²) < 4.78 is 26.7. The Balaban J connectivity index is 1.64. The molecule has 0 atom stereocenters. The van der Waals surface area contributed by atoms with Gasteiger partial charge in [0, 0.05) is 24.2 Å². The molecule has 0 radical (unpaired) electrons. The number of halogens is 1. The van der Waals surface area contributed by atoms with Gasteiger partial charge in [0.15, 0.2) is 0 Å². The molecule has 22 heavy (non-hydrogen) atoms. The average Bonchev–Trinajstić information content (AvgIpc) is 3.01. The van der Waals surface area contributed by atoms with Crippen molar-refractivity contribution < 1.29 is 8.42 Å². The second-order valence-corrected chi connectivity index (χ2v) is 8.81. The number of pyridine rings is 1. The molecule has 118 valence electrons. The van der Waals surface area contributed by atoms with Crippen LogP contribution in [-0.4, -0.2) is 30.8 Å². The van der Waals surface area contributed by atoms with Crippen LogP contribution in [0.25, 0.3) is 0 Å². The first-order chi connectivity index (χ1) is 10.6. The van der Waals surface area contributed by atoms with Crippen molar-refractivity contribution in [2.24, 2.45) is 5.92 Å². The molecule has 2 aromatic heterocycles. The third kappa shape index (κ3) is 3.51. The summed E-state index contributed by atoms with van der Waals surface area (Å²) in [5.41, 5.74) is 0. The lowest BCUT2D eigenvalue weighted by Gasteiger charge is -2.31.